The lowest BCUT2D eigenvalue weighted by Crippen LogP contribution is -2.40. The third-order valence-electron chi connectivity index (χ3n) is 2.87. The average molecular weight is 256 g/mol. The third-order valence-corrected chi connectivity index (χ3v) is 3.08. The average Bonchev–Trinajstić information content (AvgIpc) is 2.30. The fourth-order valence-corrected chi connectivity index (χ4v) is 1.58. The van der Waals surface area contributed by atoms with Crippen LogP contribution in [0.1, 0.15) is 26.0 Å². The van der Waals surface area contributed by atoms with E-state index in [-0.39, 0.29) is 11.8 Å². The minimum Gasteiger partial charge on any atom is -0.323 e. The molecule has 0 saturated carbocycles. The van der Waals surface area contributed by atoms with Crippen LogP contribution in [0.15, 0.2) is 12.1 Å². The molecule has 17 heavy (non-hydrogen) atoms. The Kier molecular flexibility index (Phi) is 4.90. The highest BCUT2D eigenvalue weighted by Crippen LogP contribution is 2.16. The van der Waals surface area contributed by atoms with Gasteiger partial charge in [-0.05, 0) is 25.0 Å². The maximum atomic E-state index is 11.9. The maximum Gasteiger partial charge on any atom is 0.241 e. The number of aryl methyl sites for hydroxylation is 1. The summed E-state index contributed by atoms with van der Waals surface area (Å²) in [6.45, 7) is 5.75. The molecule has 0 bridgehead atoms. The summed E-state index contributed by atoms with van der Waals surface area (Å²) in [4.78, 5) is 15.9. The molecule has 1 amide bonds. The first kappa shape index (κ1) is 13.9. The van der Waals surface area contributed by atoms with E-state index in [4.69, 9.17) is 17.3 Å². The van der Waals surface area contributed by atoms with Gasteiger partial charge in [-0.2, -0.15) is 0 Å². The summed E-state index contributed by atoms with van der Waals surface area (Å²) in [5, 5.41) is 3.18. The molecular weight excluding hydrogens is 238 g/mol. The van der Waals surface area contributed by atoms with Crippen LogP contribution in [0.2, 0.25) is 5.15 Å². The van der Waals surface area contributed by atoms with Gasteiger partial charge in [0.25, 0.3) is 0 Å². The molecule has 5 heteroatoms. The molecule has 1 rings (SSSR count). The Hall–Kier alpha value is -1.13. The Balaban J connectivity index is 2.74. The molecule has 0 aliphatic carbocycles. The normalized spacial score (nSPS) is 14.2. The summed E-state index contributed by atoms with van der Waals surface area (Å²) in [7, 11) is 0. The van der Waals surface area contributed by atoms with Crippen molar-refractivity contribution >= 4 is 23.2 Å². The Morgan fingerprint density at radius 2 is 2.24 bits per heavy atom. The molecular formula is C12H18ClN3O. The summed E-state index contributed by atoms with van der Waals surface area (Å²) in [5.41, 5.74) is 7.17. The van der Waals surface area contributed by atoms with Gasteiger partial charge in [0, 0.05) is 0 Å². The zero-order valence-corrected chi connectivity index (χ0v) is 11.1. The molecule has 3 N–H and O–H groups in total. The highest BCUT2D eigenvalue weighted by molar-refractivity contribution is 6.29. The second-order valence-electron chi connectivity index (χ2n) is 4.17. The molecule has 1 heterocycles. The summed E-state index contributed by atoms with van der Waals surface area (Å²) >= 11 is 5.74. The van der Waals surface area contributed by atoms with E-state index >= 15 is 0 Å². The monoisotopic (exact) mass is 255 g/mol. The van der Waals surface area contributed by atoms with Gasteiger partial charge in [0.05, 0.1) is 17.4 Å². The van der Waals surface area contributed by atoms with Crippen molar-refractivity contribution in [2.45, 2.75) is 33.2 Å². The number of carbonyl (C=O) groups excluding carboxylic acids is 1. The molecule has 0 radical (unpaired) electrons. The predicted octanol–water partition coefficient (Wildman–Crippen LogP) is 2.36. The largest absolute Gasteiger partial charge is 0.323 e. The van der Waals surface area contributed by atoms with Crippen LogP contribution in [0.5, 0.6) is 0 Å². The fourth-order valence-electron chi connectivity index (χ4n) is 1.39. The Bertz CT molecular complexity index is 409. The molecule has 1 unspecified atom stereocenters. The molecule has 0 aliphatic heterocycles. The van der Waals surface area contributed by atoms with Crippen LogP contribution in [0.3, 0.4) is 0 Å². The van der Waals surface area contributed by atoms with Gasteiger partial charge in [0.2, 0.25) is 5.91 Å². The van der Waals surface area contributed by atoms with Gasteiger partial charge in [-0.3, -0.25) is 4.79 Å². The zero-order chi connectivity index (χ0) is 13.0. The minimum absolute atomic E-state index is 0.149. The maximum absolute atomic E-state index is 11.9. The van der Waals surface area contributed by atoms with Crippen molar-refractivity contribution in [2.24, 2.45) is 11.7 Å². The number of anilines is 1. The lowest BCUT2D eigenvalue weighted by molar-refractivity contribution is -0.118. The van der Waals surface area contributed by atoms with Gasteiger partial charge < -0.3 is 11.1 Å². The summed E-state index contributed by atoms with van der Waals surface area (Å²) < 4.78 is 0. The smallest absolute Gasteiger partial charge is 0.241 e. The standard InChI is InChI=1S/C12H18ClN3O/c1-4-7(2)11(14)12(17)16-9-5-6-10(13)15-8(9)3/h5-7,11H,4,14H2,1-3H3,(H,16,17)/t7?,11-/m0/s1. The number of hydrogen-bond donors (Lipinski definition) is 2. The molecule has 1 aromatic heterocycles. The van der Waals surface area contributed by atoms with Crippen molar-refractivity contribution in [3.05, 3.63) is 23.0 Å². The van der Waals surface area contributed by atoms with Gasteiger partial charge in [-0.15, -0.1) is 0 Å². The van der Waals surface area contributed by atoms with Gasteiger partial charge >= 0.3 is 0 Å². The molecule has 0 aromatic carbocycles. The minimum atomic E-state index is -0.505. The van der Waals surface area contributed by atoms with Crippen LogP contribution in [-0.4, -0.2) is 16.9 Å². The third kappa shape index (κ3) is 3.68. The van der Waals surface area contributed by atoms with E-state index in [1.54, 1.807) is 19.1 Å². The molecule has 4 nitrogen and oxygen atoms in total. The molecule has 1 aromatic rings. The van der Waals surface area contributed by atoms with E-state index in [0.717, 1.165) is 6.42 Å². The first-order chi connectivity index (χ1) is 7.95. The number of pyridine rings is 1. The Morgan fingerprint density at radius 1 is 1.59 bits per heavy atom. The van der Waals surface area contributed by atoms with E-state index in [2.05, 4.69) is 10.3 Å². The number of hydrogen-bond acceptors (Lipinski definition) is 3. The molecule has 0 spiro atoms. The van der Waals surface area contributed by atoms with Crippen LogP contribution >= 0.6 is 11.6 Å². The van der Waals surface area contributed by atoms with Crippen molar-refractivity contribution in [3.8, 4) is 0 Å². The predicted molar refractivity (Wildman–Crippen MR) is 70.0 cm³/mol. The lowest BCUT2D eigenvalue weighted by atomic mass is 9.99. The molecule has 0 fully saturated rings. The number of aromatic nitrogens is 1. The van der Waals surface area contributed by atoms with E-state index in [0.29, 0.717) is 16.5 Å². The van der Waals surface area contributed by atoms with Gasteiger partial charge in [0.15, 0.2) is 0 Å². The number of nitrogens with one attached hydrogen (secondary N) is 1. The summed E-state index contributed by atoms with van der Waals surface area (Å²) in [6, 6.07) is 2.86. The van der Waals surface area contributed by atoms with Crippen LogP contribution in [0, 0.1) is 12.8 Å². The number of carbonyl (C=O) groups is 1. The molecule has 94 valence electrons. The summed E-state index contributed by atoms with van der Waals surface area (Å²) in [6.07, 6.45) is 0.867. The Labute approximate surface area is 107 Å². The van der Waals surface area contributed by atoms with Gasteiger partial charge in [0.1, 0.15) is 5.15 Å². The van der Waals surface area contributed by atoms with Crippen LogP contribution < -0.4 is 11.1 Å². The van der Waals surface area contributed by atoms with Crippen molar-refractivity contribution in [1.82, 2.24) is 4.98 Å². The van der Waals surface area contributed by atoms with E-state index in [9.17, 15) is 4.79 Å². The van der Waals surface area contributed by atoms with Crippen LogP contribution in [0.25, 0.3) is 0 Å². The Morgan fingerprint density at radius 3 is 2.76 bits per heavy atom. The van der Waals surface area contributed by atoms with Crippen molar-refractivity contribution < 1.29 is 4.79 Å². The first-order valence-corrected chi connectivity index (χ1v) is 6.03. The van der Waals surface area contributed by atoms with Crippen molar-refractivity contribution in [1.29, 1.82) is 0 Å². The fraction of sp³-hybridized carbons (Fsp3) is 0.500. The lowest BCUT2D eigenvalue weighted by Gasteiger charge is -2.18. The first-order valence-electron chi connectivity index (χ1n) is 5.65. The van der Waals surface area contributed by atoms with E-state index in [1.807, 2.05) is 13.8 Å². The molecule has 0 aliphatic rings. The highest BCUT2D eigenvalue weighted by Gasteiger charge is 2.19. The SMILES string of the molecule is CCC(C)[C@H](N)C(=O)Nc1ccc(Cl)nc1C. The van der Waals surface area contributed by atoms with Crippen molar-refractivity contribution in [2.75, 3.05) is 5.32 Å². The van der Waals surface area contributed by atoms with E-state index < -0.39 is 6.04 Å². The molecule has 2 atom stereocenters. The topological polar surface area (TPSA) is 68.0 Å². The van der Waals surface area contributed by atoms with Crippen LogP contribution in [0.4, 0.5) is 5.69 Å². The highest BCUT2D eigenvalue weighted by atomic mass is 35.5. The van der Waals surface area contributed by atoms with Crippen LogP contribution in [-0.2, 0) is 4.79 Å². The van der Waals surface area contributed by atoms with Gasteiger partial charge in [-0.1, -0.05) is 31.9 Å². The number of rotatable bonds is 4. The second kappa shape index (κ2) is 5.98. The molecule has 0 saturated heterocycles. The number of nitrogens with two attached hydrogens (primary N) is 1. The number of nitrogens with zero attached hydrogens (tertiary/aromatic N) is 1. The summed E-state index contributed by atoms with van der Waals surface area (Å²) in [5.74, 6) is -0.0397. The zero-order valence-electron chi connectivity index (χ0n) is 10.3. The van der Waals surface area contributed by atoms with Crippen molar-refractivity contribution in [3.63, 3.8) is 0 Å². The van der Waals surface area contributed by atoms with Gasteiger partial charge in [-0.25, -0.2) is 4.98 Å². The second-order valence-corrected chi connectivity index (χ2v) is 4.55. The quantitative estimate of drug-likeness (QED) is 0.812. The number of amides is 1. The number of halogens is 1. The van der Waals surface area contributed by atoms with E-state index in [1.165, 1.54) is 0 Å².